The van der Waals surface area contributed by atoms with Gasteiger partial charge in [-0.2, -0.15) is 0 Å². The Bertz CT molecular complexity index is 1040. The van der Waals surface area contributed by atoms with Gasteiger partial charge in [-0.15, -0.1) is 0 Å². The summed E-state index contributed by atoms with van der Waals surface area (Å²) in [5.41, 5.74) is 1.17. The fourth-order valence-corrected chi connectivity index (χ4v) is 6.56. The number of rotatable bonds is 12. The van der Waals surface area contributed by atoms with E-state index in [1.165, 1.54) is 12.8 Å². The van der Waals surface area contributed by atoms with Gasteiger partial charge in [-0.25, -0.2) is 0 Å². The number of carbonyl (C=O) groups is 2. The summed E-state index contributed by atoms with van der Waals surface area (Å²) in [6.45, 7) is 9.61. The van der Waals surface area contributed by atoms with E-state index in [0.29, 0.717) is 50.4 Å². The van der Waals surface area contributed by atoms with Crippen LogP contribution in [0.4, 0.5) is 0 Å². The molecule has 2 aliphatic rings. The van der Waals surface area contributed by atoms with Crippen molar-refractivity contribution in [1.82, 2.24) is 10.2 Å². The van der Waals surface area contributed by atoms with Gasteiger partial charge in [-0.05, 0) is 36.5 Å². The van der Waals surface area contributed by atoms with Crippen molar-refractivity contribution in [3.8, 4) is 6.07 Å². The van der Waals surface area contributed by atoms with E-state index in [4.69, 9.17) is 4.65 Å². The predicted octanol–water partition coefficient (Wildman–Crippen LogP) is 5.22. The third kappa shape index (κ3) is 8.78. The van der Waals surface area contributed by atoms with E-state index in [2.05, 4.69) is 39.1 Å². The maximum Gasteiger partial charge on any atom is -0.0470 e. The molecular formula is C31H44BN3O4. The molecule has 6 atom stereocenters. The Morgan fingerprint density at radius 3 is 2.59 bits per heavy atom. The van der Waals surface area contributed by atoms with Crippen LogP contribution in [-0.2, 0) is 25.4 Å². The van der Waals surface area contributed by atoms with Crippen molar-refractivity contribution >= 4 is 19.2 Å². The zero-order valence-corrected chi connectivity index (χ0v) is 24.0. The van der Waals surface area contributed by atoms with Crippen molar-refractivity contribution < 1.29 is 18.9 Å². The number of amides is 2. The van der Waals surface area contributed by atoms with E-state index >= 15 is 0 Å². The number of likely N-dealkylation sites (tertiary alicyclic amines) is 1. The van der Waals surface area contributed by atoms with Gasteiger partial charge in [0.05, 0.1) is 0 Å². The Labute approximate surface area is 234 Å². The van der Waals surface area contributed by atoms with E-state index in [9.17, 15) is 19.6 Å². The minimum atomic E-state index is -0.745. The van der Waals surface area contributed by atoms with Crippen LogP contribution in [-0.4, -0.2) is 42.9 Å². The van der Waals surface area contributed by atoms with E-state index in [1.807, 2.05) is 36.4 Å². The van der Waals surface area contributed by atoms with Gasteiger partial charge in [-0.3, -0.25) is 0 Å². The number of nitrogens with one attached hydrogen (secondary N) is 1. The molecule has 2 amide bonds. The second-order valence-corrected chi connectivity index (χ2v) is 11.9. The fourth-order valence-electron chi connectivity index (χ4n) is 6.56. The van der Waals surface area contributed by atoms with Crippen LogP contribution in [0, 0.1) is 40.9 Å². The Balaban J connectivity index is 1.59. The standard InChI is InChI=1S/C31H44BN3O4/c1-21(2)27-14-12-22(3)17-28(27)23(4)18-25(20-33)31(37)35-16-8-11-26(35)13-15-29(36)34-30(39-32-38)19-24-9-6-5-7-10-24/h5-7,9-10,18,21-23,26-28,30H,8,11-17,19H2,1-4H3,(H,34,36)/t22?,23?,26?,27?,28?,30-/m1/s1. The van der Waals surface area contributed by atoms with Crippen molar-refractivity contribution in [3.05, 3.63) is 47.5 Å². The van der Waals surface area contributed by atoms with Crippen LogP contribution >= 0.6 is 0 Å². The molecule has 1 saturated heterocycles. The Kier molecular flexibility index (Phi) is 11.8. The molecule has 1 saturated carbocycles. The average Bonchev–Trinajstić information content (AvgIpc) is 3.39. The van der Waals surface area contributed by atoms with Crippen molar-refractivity contribution in [2.45, 2.75) is 91.3 Å². The molecular weight excluding hydrogens is 489 g/mol. The van der Waals surface area contributed by atoms with Crippen LogP contribution in [0.2, 0.25) is 0 Å². The zero-order chi connectivity index (χ0) is 28.4. The van der Waals surface area contributed by atoms with E-state index in [-0.39, 0.29) is 35.8 Å². The molecule has 1 aliphatic heterocycles. The second kappa shape index (κ2) is 15.0. The molecule has 0 bridgehead atoms. The normalized spacial score (nSPS) is 24.9. The average molecular weight is 534 g/mol. The fraction of sp³-hybridized carbons (Fsp3) is 0.645. The first kappa shape index (κ1) is 30.6. The summed E-state index contributed by atoms with van der Waals surface area (Å²) >= 11 is 0. The van der Waals surface area contributed by atoms with Gasteiger partial charge < -0.3 is 0 Å². The molecule has 3 rings (SSSR count). The first-order valence-corrected chi connectivity index (χ1v) is 14.6. The first-order chi connectivity index (χ1) is 18.7. The quantitative estimate of drug-likeness (QED) is 0.172. The molecule has 8 heteroatoms. The van der Waals surface area contributed by atoms with Crippen LogP contribution in [0.5, 0.6) is 0 Å². The molecule has 1 heterocycles. The zero-order valence-electron chi connectivity index (χ0n) is 24.0. The monoisotopic (exact) mass is 533 g/mol. The van der Waals surface area contributed by atoms with Gasteiger partial charge in [0.15, 0.2) is 0 Å². The molecule has 39 heavy (non-hydrogen) atoms. The minimum Gasteiger partial charge on any atom is -0.0470 e. The first-order valence-electron chi connectivity index (χ1n) is 14.6. The number of allylic oxidation sites excluding steroid dienone is 1. The Hall–Kier alpha value is -2.95. The molecule has 5 unspecified atom stereocenters. The van der Waals surface area contributed by atoms with Gasteiger partial charge in [0.25, 0.3) is 0 Å². The molecule has 1 N–H and O–H groups in total. The molecule has 0 spiro atoms. The maximum absolute atomic E-state index is 13.5. The Morgan fingerprint density at radius 2 is 1.92 bits per heavy atom. The summed E-state index contributed by atoms with van der Waals surface area (Å²) in [5.74, 6) is 2.04. The number of nitrogens with zero attached hydrogens (tertiary/aromatic N) is 2. The van der Waals surface area contributed by atoms with Gasteiger partial charge in [0.2, 0.25) is 0 Å². The van der Waals surface area contributed by atoms with Crippen molar-refractivity contribution in [2.75, 3.05) is 6.54 Å². The SMILES string of the molecule is CC1CCC(C(C)C)C(C(C)C=C(C#N)C(=O)N2CCCC2CCC(=O)N[C@@H](Cc2ccccc2)OB=O)C1. The van der Waals surface area contributed by atoms with Crippen LogP contribution < -0.4 is 5.32 Å². The Morgan fingerprint density at radius 1 is 1.18 bits per heavy atom. The summed E-state index contributed by atoms with van der Waals surface area (Å²) in [6.07, 6.45) is 7.50. The largest absolute Gasteiger partial charge is 0.0470 e. The summed E-state index contributed by atoms with van der Waals surface area (Å²) < 4.78 is 16.0. The molecule has 1 aromatic carbocycles. The summed E-state index contributed by atoms with van der Waals surface area (Å²) in [5, 5.41) is 12.7. The van der Waals surface area contributed by atoms with Crippen LogP contribution in [0.15, 0.2) is 42.0 Å². The molecule has 0 aromatic heterocycles. The van der Waals surface area contributed by atoms with Crippen LogP contribution in [0.1, 0.15) is 78.2 Å². The number of carbonyl (C=O) groups excluding carboxylic acids is 2. The van der Waals surface area contributed by atoms with Crippen LogP contribution in [0.25, 0.3) is 0 Å². The van der Waals surface area contributed by atoms with Gasteiger partial charge >= 0.3 is 164 Å². The second-order valence-electron chi connectivity index (χ2n) is 11.9. The number of hydrogen-bond donors (Lipinski definition) is 1. The van der Waals surface area contributed by atoms with Crippen molar-refractivity contribution in [1.29, 1.82) is 5.26 Å². The third-order valence-corrected chi connectivity index (χ3v) is 8.68. The molecule has 1 aromatic rings. The van der Waals surface area contributed by atoms with E-state index < -0.39 is 6.23 Å². The minimum absolute atomic E-state index is 0.0898. The number of benzene rings is 1. The maximum atomic E-state index is 13.5. The van der Waals surface area contributed by atoms with E-state index in [0.717, 1.165) is 24.8 Å². The topological polar surface area (TPSA) is 99.5 Å². The van der Waals surface area contributed by atoms with Gasteiger partial charge in [0, 0.05) is 0 Å². The van der Waals surface area contributed by atoms with Crippen LogP contribution in [0.3, 0.4) is 0 Å². The smallest absolute Gasteiger partial charge is 0.0470 e. The number of hydrogen-bond acceptors (Lipinski definition) is 5. The predicted molar refractivity (Wildman–Crippen MR) is 151 cm³/mol. The molecule has 7 nitrogen and oxygen atoms in total. The summed E-state index contributed by atoms with van der Waals surface area (Å²) in [6, 6.07) is 11.6. The van der Waals surface area contributed by atoms with Crippen molar-refractivity contribution in [3.63, 3.8) is 0 Å². The third-order valence-electron chi connectivity index (χ3n) is 8.68. The number of nitriles is 1. The summed E-state index contributed by atoms with van der Waals surface area (Å²) in [4.78, 5) is 28.0. The molecule has 1 aliphatic carbocycles. The van der Waals surface area contributed by atoms with Crippen molar-refractivity contribution in [2.24, 2.45) is 29.6 Å². The molecule has 0 radical (unpaired) electrons. The van der Waals surface area contributed by atoms with E-state index in [1.54, 1.807) is 4.90 Å². The molecule has 2 fully saturated rings. The molecule has 210 valence electrons. The summed E-state index contributed by atoms with van der Waals surface area (Å²) in [7, 11) is 0.347. The van der Waals surface area contributed by atoms with Gasteiger partial charge in [0.1, 0.15) is 0 Å². The van der Waals surface area contributed by atoms with Gasteiger partial charge in [-0.1, -0.05) is 34.1 Å².